The number of halogens is 1. The molecule has 0 unspecified atom stereocenters. The number of aromatic nitrogens is 1. The van der Waals surface area contributed by atoms with Gasteiger partial charge in [-0.15, -0.1) is 0 Å². The third kappa shape index (κ3) is 4.12. The molecule has 4 nitrogen and oxygen atoms in total. The summed E-state index contributed by atoms with van der Waals surface area (Å²) in [6, 6.07) is 3.62. The van der Waals surface area contributed by atoms with Gasteiger partial charge in [0, 0.05) is 18.2 Å². The Morgan fingerprint density at radius 3 is 2.61 bits per heavy atom. The quantitative estimate of drug-likeness (QED) is 0.861. The average Bonchev–Trinajstić information content (AvgIpc) is 2.30. The molecule has 0 aliphatic heterocycles. The first-order valence-electron chi connectivity index (χ1n) is 5.97. The molecule has 1 heterocycles. The van der Waals surface area contributed by atoms with E-state index in [2.05, 4.69) is 29.0 Å². The van der Waals surface area contributed by atoms with Crippen LogP contribution >= 0.6 is 11.6 Å². The van der Waals surface area contributed by atoms with Gasteiger partial charge in [-0.2, -0.15) is 0 Å². The van der Waals surface area contributed by atoms with E-state index in [0.29, 0.717) is 24.1 Å². The predicted molar refractivity (Wildman–Crippen MR) is 75.3 cm³/mol. The molecule has 1 rings (SSSR count). The Morgan fingerprint density at radius 1 is 1.39 bits per heavy atom. The van der Waals surface area contributed by atoms with Gasteiger partial charge in [0.25, 0.3) is 0 Å². The molecule has 0 aliphatic rings. The van der Waals surface area contributed by atoms with Gasteiger partial charge in [-0.3, -0.25) is 0 Å². The van der Waals surface area contributed by atoms with Crippen molar-refractivity contribution in [2.24, 2.45) is 0 Å². The van der Waals surface area contributed by atoms with Crippen LogP contribution in [0.4, 0.5) is 0 Å². The maximum absolute atomic E-state index is 6.05. The Hall–Kier alpha value is -0.840. The first kappa shape index (κ1) is 15.2. The van der Waals surface area contributed by atoms with Gasteiger partial charge in [-0.25, -0.2) is 4.98 Å². The number of hydrogen-bond donors (Lipinski definition) is 1. The van der Waals surface area contributed by atoms with Crippen LogP contribution in [0.15, 0.2) is 12.1 Å². The Labute approximate surface area is 114 Å². The number of hydrogen-bond acceptors (Lipinski definition) is 4. The van der Waals surface area contributed by atoms with E-state index >= 15 is 0 Å². The second-order valence-corrected chi connectivity index (χ2v) is 5.51. The maximum atomic E-state index is 6.05. The second-order valence-electron chi connectivity index (χ2n) is 5.10. The summed E-state index contributed by atoms with van der Waals surface area (Å²) in [6.07, 6.45) is 0. The van der Waals surface area contributed by atoms with Gasteiger partial charge in [0.15, 0.2) is 0 Å². The minimum absolute atomic E-state index is 0.0372. The minimum atomic E-state index is -0.0372. The third-order valence-corrected chi connectivity index (χ3v) is 3.37. The third-order valence-electron chi connectivity index (χ3n) is 3.02. The molecule has 0 atom stereocenters. The second kappa shape index (κ2) is 6.36. The summed E-state index contributed by atoms with van der Waals surface area (Å²) in [6.45, 7) is 5.45. The molecule has 0 aromatic carbocycles. The average molecular weight is 272 g/mol. The van der Waals surface area contributed by atoms with Crippen LogP contribution in [-0.2, 0) is 6.54 Å². The maximum Gasteiger partial charge on any atom is 0.213 e. The summed E-state index contributed by atoms with van der Waals surface area (Å²) >= 11 is 6.05. The molecule has 0 amide bonds. The Bertz CT molecular complexity index is 394. The first-order valence-corrected chi connectivity index (χ1v) is 6.35. The predicted octanol–water partition coefficient (Wildman–Crippen LogP) is 2.17. The van der Waals surface area contributed by atoms with Crippen LogP contribution in [0.1, 0.15) is 19.5 Å². The van der Waals surface area contributed by atoms with E-state index in [0.717, 1.165) is 5.69 Å². The molecule has 102 valence electrons. The number of nitrogens with zero attached hydrogens (tertiary/aromatic N) is 2. The lowest BCUT2D eigenvalue weighted by Gasteiger charge is -2.31. The molecule has 5 heteroatoms. The molecule has 0 radical (unpaired) electrons. The fourth-order valence-electron chi connectivity index (χ4n) is 1.22. The van der Waals surface area contributed by atoms with E-state index in [9.17, 15) is 0 Å². The highest BCUT2D eigenvalue weighted by Gasteiger charge is 2.21. The van der Waals surface area contributed by atoms with E-state index in [1.807, 2.05) is 27.2 Å². The first-order chi connectivity index (χ1) is 8.36. The van der Waals surface area contributed by atoms with Crippen molar-refractivity contribution in [1.29, 1.82) is 0 Å². The van der Waals surface area contributed by atoms with Crippen LogP contribution in [0, 0.1) is 0 Å². The summed E-state index contributed by atoms with van der Waals surface area (Å²) in [7, 11) is 5.93. The van der Waals surface area contributed by atoms with Crippen molar-refractivity contribution in [2.45, 2.75) is 25.9 Å². The summed E-state index contributed by atoms with van der Waals surface area (Å²) in [5, 5.41) is 3.69. The van der Waals surface area contributed by atoms with Crippen LogP contribution < -0.4 is 10.1 Å². The fraction of sp³-hybridized carbons (Fsp3) is 0.615. The number of likely N-dealkylation sites (N-methyl/N-ethyl adjacent to an activating group) is 1. The van der Waals surface area contributed by atoms with Crippen LogP contribution in [0.2, 0.25) is 5.02 Å². The van der Waals surface area contributed by atoms with Crippen molar-refractivity contribution < 1.29 is 4.74 Å². The molecular formula is C13H22ClN3O. The number of nitrogens with one attached hydrogen (secondary N) is 1. The molecule has 18 heavy (non-hydrogen) atoms. The molecule has 0 saturated carbocycles. The Morgan fingerprint density at radius 2 is 2.06 bits per heavy atom. The molecule has 1 aromatic heterocycles. The Kier molecular flexibility index (Phi) is 5.38. The van der Waals surface area contributed by atoms with Crippen LogP contribution in [0.5, 0.6) is 5.88 Å². The van der Waals surface area contributed by atoms with Gasteiger partial charge >= 0.3 is 0 Å². The van der Waals surface area contributed by atoms with Gasteiger partial charge in [0.2, 0.25) is 5.88 Å². The van der Waals surface area contributed by atoms with E-state index in [1.54, 1.807) is 6.07 Å². The normalized spacial score (nSPS) is 11.9. The topological polar surface area (TPSA) is 37.4 Å². The van der Waals surface area contributed by atoms with Gasteiger partial charge < -0.3 is 15.0 Å². The van der Waals surface area contributed by atoms with Crippen molar-refractivity contribution >= 4 is 11.6 Å². The summed E-state index contributed by atoms with van der Waals surface area (Å²) in [5.74, 6) is 0.611. The smallest absolute Gasteiger partial charge is 0.213 e. The number of ether oxygens (including phenoxy) is 1. The van der Waals surface area contributed by atoms with Crippen LogP contribution in [-0.4, -0.2) is 43.2 Å². The lowest BCUT2D eigenvalue weighted by atomic mass is 10.1. The molecule has 1 N–H and O–H groups in total. The monoisotopic (exact) mass is 271 g/mol. The minimum Gasteiger partial charge on any atom is -0.476 e. The molecular weight excluding hydrogens is 250 g/mol. The van der Waals surface area contributed by atoms with Gasteiger partial charge in [0.1, 0.15) is 6.61 Å². The standard InChI is InChI=1S/C13H22ClN3O/c1-13(2,17(4)5)9-18-12-7-6-10(14)11(16-12)8-15-3/h6-7,15H,8-9H2,1-5H3. The number of rotatable bonds is 6. The SMILES string of the molecule is CNCc1nc(OCC(C)(C)N(C)C)ccc1Cl. The fourth-order valence-corrected chi connectivity index (χ4v) is 1.39. The van der Waals surface area contributed by atoms with Gasteiger partial charge in [-0.1, -0.05) is 11.6 Å². The van der Waals surface area contributed by atoms with E-state index < -0.39 is 0 Å². The molecule has 0 bridgehead atoms. The zero-order valence-corrected chi connectivity index (χ0v) is 12.5. The van der Waals surface area contributed by atoms with Gasteiger partial charge in [-0.05, 0) is 41.1 Å². The van der Waals surface area contributed by atoms with Crippen LogP contribution in [0.25, 0.3) is 0 Å². The van der Waals surface area contributed by atoms with Crippen molar-refractivity contribution in [3.8, 4) is 5.88 Å². The molecule has 0 fully saturated rings. The molecule has 0 spiro atoms. The van der Waals surface area contributed by atoms with Crippen LogP contribution in [0.3, 0.4) is 0 Å². The lowest BCUT2D eigenvalue weighted by molar-refractivity contribution is 0.111. The summed E-state index contributed by atoms with van der Waals surface area (Å²) < 4.78 is 5.73. The molecule has 0 aliphatic carbocycles. The Balaban J connectivity index is 2.71. The van der Waals surface area contributed by atoms with Gasteiger partial charge in [0.05, 0.1) is 10.7 Å². The lowest BCUT2D eigenvalue weighted by Crippen LogP contribution is -2.43. The number of pyridine rings is 1. The van der Waals surface area contributed by atoms with Crippen molar-refractivity contribution in [2.75, 3.05) is 27.7 Å². The van der Waals surface area contributed by atoms with E-state index in [-0.39, 0.29) is 5.54 Å². The largest absolute Gasteiger partial charge is 0.476 e. The summed E-state index contributed by atoms with van der Waals surface area (Å²) in [4.78, 5) is 6.51. The summed E-state index contributed by atoms with van der Waals surface area (Å²) in [5.41, 5.74) is 0.768. The van der Waals surface area contributed by atoms with Crippen molar-refractivity contribution in [3.05, 3.63) is 22.8 Å². The van der Waals surface area contributed by atoms with E-state index in [1.165, 1.54) is 0 Å². The highest BCUT2D eigenvalue weighted by Crippen LogP contribution is 2.19. The van der Waals surface area contributed by atoms with E-state index in [4.69, 9.17) is 16.3 Å². The zero-order chi connectivity index (χ0) is 13.8. The van der Waals surface area contributed by atoms with Crippen molar-refractivity contribution in [1.82, 2.24) is 15.2 Å². The zero-order valence-electron chi connectivity index (χ0n) is 11.7. The van der Waals surface area contributed by atoms with Crippen molar-refractivity contribution in [3.63, 3.8) is 0 Å². The highest BCUT2D eigenvalue weighted by molar-refractivity contribution is 6.31. The highest BCUT2D eigenvalue weighted by atomic mass is 35.5. The molecule has 0 saturated heterocycles. The molecule has 1 aromatic rings.